The highest BCUT2D eigenvalue weighted by Crippen LogP contribution is 2.30. The number of pyridine rings is 2. The number of carbonyl (C=O) groups excluding carboxylic acids is 3. The third-order valence-electron chi connectivity index (χ3n) is 10.7. The third-order valence-corrected chi connectivity index (χ3v) is 10.7. The smallest absolute Gasteiger partial charge is 0.407 e. The van der Waals surface area contributed by atoms with E-state index in [9.17, 15) is 29.4 Å². The first-order chi connectivity index (χ1) is 27.9. The van der Waals surface area contributed by atoms with Gasteiger partial charge in [0.05, 0.1) is 17.8 Å². The van der Waals surface area contributed by atoms with E-state index in [4.69, 9.17) is 0 Å². The molecule has 0 aliphatic carbocycles. The van der Waals surface area contributed by atoms with Crippen molar-refractivity contribution in [3.05, 3.63) is 120 Å². The molecule has 5 amide bonds. The molecule has 2 aromatic carbocycles. The number of carboxylic acid groups (broad SMARTS) is 1. The lowest BCUT2D eigenvalue weighted by Gasteiger charge is -2.38. The average molecular weight is 806 g/mol. The van der Waals surface area contributed by atoms with Gasteiger partial charge in [-0.1, -0.05) is 108 Å². The largest absolute Gasteiger partial charge is 0.465 e. The molecule has 13 nitrogen and oxygen atoms in total. The molecule has 0 radical (unpaired) electrons. The summed E-state index contributed by atoms with van der Waals surface area (Å²) in [6, 6.07) is 23.1. The maximum atomic E-state index is 14.6. The molecule has 0 saturated carbocycles. The predicted molar refractivity (Wildman–Crippen MR) is 227 cm³/mol. The van der Waals surface area contributed by atoms with Crippen LogP contribution in [0.4, 0.5) is 9.59 Å². The van der Waals surface area contributed by atoms with Gasteiger partial charge in [-0.25, -0.2) is 9.59 Å². The van der Waals surface area contributed by atoms with Gasteiger partial charge in [-0.3, -0.25) is 24.5 Å². The van der Waals surface area contributed by atoms with Gasteiger partial charge in [0, 0.05) is 56.9 Å². The first-order valence-corrected chi connectivity index (χ1v) is 20.2. The first kappa shape index (κ1) is 44.3. The highest BCUT2D eigenvalue weighted by molar-refractivity contribution is 5.89. The minimum atomic E-state index is -1.24. The summed E-state index contributed by atoms with van der Waals surface area (Å²) in [5, 5.41) is 28.3. The van der Waals surface area contributed by atoms with Gasteiger partial charge in [-0.15, -0.1) is 0 Å². The number of aromatic nitrogens is 2. The molecular weight excluding hydrogens is 747 g/mol. The van der Waals surface area contributed by atoms with E-state index < -0.39 is 59.0 Å². The number of rotatable bonds is 16. The summed E-state index contributed by atoms with van der Waals surface area (Å²) in [6.45, 7) is 12.3. The Morgan fingerprint density at radius 1 is 0.780 bits per heavy atom. The number of amides is 5. The topological polar surface area (TPSA) is 168 Å². The van der Waals surface area contributed by atoms with E-state index in [0.29, 0.717) is 26.1 Å². The van der Waals surface area contributed by atoms with Gasteiger partial charge in [-0.2, -0.15) is 0 Å². The van der Waals surface area contributed by atoms with E-state index in [1.54, 1.807) is 49.2 Å². The van der Waals surface area contributed by atoms with Crippen LogP contribution in [0.5, 0.6) is 0 Å². The Hall–Kier alpha value is -5.82. The zero-order valence-electron chi connectivity index (χ0n) is 35.2. The highest BCUT2D eigenvalue weighted by Gasteiger charge is 2.45. The van der Waals surface area contributed by atoms with Crippen molar-refractivity contribution in [2.45, 2.75) is 97.6 Å². The standard InChI is InChI=1S/C46H59N7O6/c1-45(2,3)39(51(7)44(58)59)41(55)49-35(26-32-18-20-34(21-19-32)36-17-11-12-23-48-36)28-38(54)37(27-31-14-9-8-10-15-31)50-42(56)40(46(4,5)6)53-25-24-52(43(53)57)30-33-16-13-22-47-29-33/h8-23,29,35,37-40,54H,24-28,30H2,1-7H3,(H,49,55)(H,50,56)(H,58,59)/t35-,37-,38-,39+,40+/m0/s1. The molecule has 2 aromatic heterocycles. The molecule has 4 aromatic rings. The number of aliphatic hydroxyl groups is 1. The van der Waals surface area contributed by atoms with Crippen LogP contribution in [0.15, 0.2) is 104 Å². The predicted octanol–water partition coefficient (Wildman–Crippen LogP) is 6.03. The van der Waals surface area contributed by atoms with Gasteiger partial charge in [-0.05, 0) is 65.0 Å². The number of aliphatic hydroxyl groups excluding tert-OH is 1. The fraction of sp³-hybridized carbons (Fsp3) is 0.435. The molecule has 1 aliphatic heterocycles. The summed E-state index contributed by atoms with van der Waals surface area (Å²) in [7, 11) is 1.37. The van der Waals surface area contributed by atoms with E-state index in [1.807, 2.05) is 106 Å². The summed E-state index contributed by atoms with van der Waals surface area (Å²) in [5.41, 5.74) is 2.96. The zero-order chi connectivity index (χ0) is 42.9. The van der Waals surface area contributed by atoms with Crippen LogP contribution >= 0.6 is 0 Å². The third kappa shape index (κ3) is 11.9. The van der Waals surface area contributed by atoms with Crippen molar-refractivity contribution in [3.8, 4) is 11.3 Å². The number of urea groups is 1. The van der Waals surface area contributed by atoms with Crippen molar-refractivity contribution in [2.75, 3.05) is 20.1 Å². The molecule has 1 fully saturated rings. The Balaban J connectivity index is 1.43. The molecule has 4 N–H and O–H groups in total. The summed E-state index contributed by atoms with van der Waals surface area (Å²) in [5.74, 6) is -0.889. The molecule has 3 heterocycles. The lowest BCUT2D eigenvalue weighted by molar-refractivity contribution is -0.131. The van der Waals surface area contributed by atoms with Gasteiger partial charge in [0.15, 0.2) is 0 Å². The van der Waals surface area contributed by atoms with Crippen LogP contribution in [0, 0.1) is 10.8 Å². The number of nitrogens with one attached hydrogen (secondary N) is 2. The molecule has 5 rings (SSSR count). The van der Waals surface area contributed by atoms with Gasteiger partial charge in [0.1, 0.15) is 12.1 Å². The lowest BCUT2D eigenvalue weighted by Crippen LogP contribution is -2.59. The molecule has 1 saturated heterocycles. The number of carbonyl (C=O) groups is 4. The summed E-state index contributed by atoms with van der Waals surface area (Å²) in [4.78, 5) is 67.6. The van der Waals surface area contributed by atoms with Gasteiger partial charge in [0.25, 0.3) is 0 Å². The van der Waals surface area contributed by atoms with Crippen LogP contribution in [0.1, 0.15) is 64.7 Å². The Bertz CT molecular complexity index is 2000. The van der Waals surface area contributed by atoms with Crippen LogP contribution in [-0.4, -0.2) is 109 Å². The van der Waals surface area contributed by atoms with E-state index >= 15 is 0 Å². The van der Waals surface area contributed by atoms with E-state index in [0.717, 1.165) is 32.8 Å². The normalized spacial score (nSPS) is 15.8. The molecule has 59 heavy (non-hydrogen) atoms. The van der Waals surface area contributed by atoms with Crippen LogP contribution in [0.3, 0.4) is 0 Å². The fourth-order valence-electron chi connectivity index (χ4n) is 7.93. The maximum absolute atomic E-state index is 14.6. The quantitative estimate of drug-likeness (QED) is 0.107. The van der Waals surface area contributed by atoms with Gasteiger partial charge in [0.2, 0.25) is 11.8 Å². The van der Waals surface area contributed by atoms with Crippen LogP contribution < -0.4 is 10.6 Å². The second-order valence-corrected chi connectivity index (χ2v) is 17.6. The Kier molecular flexibility index (Phi) is 14.5. The van der Waals surface area contributed by atoms with Crippen molar-refractivity contribution in [3.63, 3.8) is 0 Å². The Morgan fingerprint density at radius 2 is 1.44 bits per heavy atom. The number of hydrogen-bond donors (Lipinski definition) is 4. The van der Waals surface area contributed by atoms with E-state index in [-0.39, 0.29) is 18.9 Å². The molecule has 314 valence electrons. The Morgan fingerprint density at radius 3 is 2.03 bits per heavy atom. The van der Waals surface area contributed by atoms with Crippen molar-refractivity contribution < 1.29 is 29.4 Å². The summed E-state index contributed by atoms with van der Waals surface area (Å²) in [6.07, 6.45) is 3.34. The van der Waals surface area contributed by atoms with E-state index in [1.165, 1.54) is 7.05 Å². The van der Waals surface area contributed by atoms with Crippen LogP contribution in [0.25, 0.3) is 11.3 Å². The maximum Gasteiger partial charge on any atom is 0.407 e. The lowest BCUT2D eigenvalue weighted by atomic mass is 9.84. The Labute approximate surface area is 347 Å². The SMILES string of the molecule is CN(C(=O)O)[C@H](C(=O)N[C@@H](Cc1ccc(-c2ccccn2)cc1)C[C@H](O)[C@H](Cc1ccccc1)NC(=O)[C@@H](N1CCN(Cc2cccnc2)C1=O)C(C)(C)C)C(C)(C)C. The van der Waals surface area contributed by atoms with E-state index in [2.05, 4.69) is 20.6 Å². The summed E-state index contributed by atoms with van der Waals surface area (Å²) >= 11 is 0. The molecule has 0 unspecified atom stereocenters. The minimum absolute atomic E-state index is 0.0287. The average Bonchev–Trinajstić information content (AvgIpc) is 3.52. The van der Waals surface area contributed by atoms with Crippen molar-refractivity contribution in [2.24, 2.45) is 10.8 Å². The molecule has 0 spiro atoms. The fourth-order valence-corrected chi connectivity index (χ4v) is 7.93. The molecule has 5 atom stereocenters. The second-order valence-electron chi connectivity index (χ2n) is 17.6. The van der Waals surface area contributed by atoms with Gasteiger partial charge < -0.3 is 30.6 Å². The van der Waals surface area contributed by atoms with Crippen molar-refractivity contribution in [1.82, 2.24) is 35.3 Å². The highest BCUT2D eigenvalue weighted by atomic mass is 16.4. The molecule has 13 heteroatoms. The van der Waals surface area contributed by atoms with Crippen LogP contribution in [0.2, 0.25) is 0 Å². The second kappa shape index (κ2) is 19.3. The van der Waals surface area contributed by atoms with Crippen molar-refractivity contribution in [1.29, 1.82) is 0 Å². The minimum Gasteiger partial charge on any atom is -0.465 e. The number of nitrogens with zero attached hydrogens (tertiary/aromatic N) is 5. The zero-order valence-corrected chi connectivity index (χ0v) is 35.2. The summed E-state index contributed by atoms with van der Waals surface area (Å²) < 4.78 is 0. The van der Waals surface area contributed by atoms with Crippen molar-refractivity contribution >= 4 is 23.9 Å². The molecule has 1 aliphatic rings. The number of hydrogen-bond acceptors (Lipinski definition) is 7. The monoisotopic (exact) mass is 805 g/mol. The number of benzene rings is 2. The molecule has 0 bridgehead atoms. The van der Waals surface area contributed by atoms with Gasteiger partial charge >= 0.3 is 12.1 Å². The first-order valence-electron chi connectivity index (χ1n) is 20.2. The number of likely N-dealkylation sites (N-methyl/N-ethyl adjacent to an activating group) is 1. The molecular formula is C46H59N7O6. The van der Waals surface area contributed by atoms with Crippen LogP contribution in [-0.2, 0) is 29.0 Å².